The van der Waals surface area contributed by atoms with E-state index in [-0.39, 0.29) is 11.3 Å². The van der Waals surface area contributed by atoms with E-state index in [0.717, 1.165) is 0 Å². The molecule has 0 unspecified atom stereocenters. The molecular formula is C8H7N3O2S. The van der Waals surface area contributed by atoms with Gasteiger partial charge in [-0.1, -0.05) is 5.11 Å². The van der Waals surface area contributed by atoms with Crippen LogP contribution in [0.4, 0.5) is 5.69 Å². The van der Waals surface area contributed by atoms with Crippen molar-refractivity contribution in [3.05, 3.63) is 33.7 Å². The van der Waals surface area contributed by atoms with Crippen LogP contribution in [-0.4, -0.2) is 11.1 Å². The molecule has 0 aliphatic heterocycles. The van der Waals surface area contributed by atoms with Crippen LogP contribution in [0.3, 0.4) is 0 Å². The number of carbonyl (C=O) groups is 1. The number of azide groups is 1. The number of hydrogen-bond donors (Lipinski definition) is 2. The lowest BCUT2D eigenvalue weighted by atomic mass is 10.1. The maximum atomic E-state index is 10.8. The summed E-state index contributed by atoms with van der Waals surface area (Å²) in [7, 11) is 0. The van der Waals surface area contributed by atoms with Gasteiger partial charge in [-0.2, -0.15) is 0 Å². The molecule has 0 amide bonds. The maximum Gasteiger partial charge on any atom is 0.336 e. The lowest BCUT2D eigenvalue weighted by molar-refractivity contribution is 0.0696. The van der Waals surface area contributed by atoms with Crippen LogP contribution in [0.2, 0.25) is 0 Å². The van der Waals surface area contributed by atoms with Gasteiger partial charge < -0.3 is 5.11 Å². The molecule has 0 aliphatic rings. The summed E-state index contributed by atoms with van der Waals surface area (Å²) in [5.74, 6) is -1.06. The number of hydrogen-bond acceptors (Lipinski definition) is 3. The van der Waals surface area contributed by atoms with Gasteiger partial charge in [-0.25, -0.2) is 4.79 Å². The lowest BCUT2D eigenvalue weighted by Gasteiger charge is -2.04. The van der Waals surface area contributed by atoms with Crippen molar-refractivity contribution in [1.29, 1.82) is 0 Å². The van der Waals surface area contributed by atoms with E-state index in [2.05, 4.69) is 22.7 Å². The van der Waals surface area contributed by atoms with Crippen LogP contribution in [0.1, 0.15) is 15.9 Å². The molecule has 5 nitrogen and oxygen atoms in total. The van der Waals surface area contributed by atoms with Crippen molar-refractivity contribution in [2.24, 2.45) is 5.11 Å². The first-order valence-electron chi connectivity index (χ1n) is 3.68. The SMILES string of the molecule is Cc1c(S)cc(N=[N+]=[N-])cc1C(=O)O. The smallest absolute Gasteiger partial charge is 0.336 e. The minimum absolute atomic E-state index is 0.0971. The van der Waals surface area contributed by atoms with E-state index in [1.165, 1.54) is 12.1 Å². The van der Waals surface area contributed by atoms with Gasteiger partial charge in [0.1, 0.15) is 0 Å². The van der Waals surface area contributed by atoms with Gasteiger partial charge in [-0.3, -0.25) is 0 Å². The Morgan fingerprint density at radius 1 is 1.64 bits per heavy atom. The first-order chi connectivity index (χ1) is 6.56. The standard InChI is InChI=1S/C8H7N3O2S/c1-4-6(8(12)13)2-5(10-11-9)3-7(4)14/h2-3,14H,1H3,(H,12,13). The number of nitrogens with zero attached hydrogens (tertiary/aromatic N) is 3. The van der Waals surface area contributed by atoms with Crippen LogP contribution in [0.5, 0.6) is 0 Å². The summed E-state index contributed by atoms with van der Waals surface area (Å²) in [6, 6.07) is 2.84. The first kappa shape index (κ1) is 10.4. The molecule has 0 fully saturated rings. The zero-order valence-corrected chi connectivity index (χ0v) is 8.19. The first-order valence-corrected chi connectivity index (χ1v) is 4.13. The second-order valence-corrected chi connectivity index (χ2v) is 3.11. The fraction of sp³-hybridized carbons (Fsp3) is 0.125. The van der Waals surface area contributed by atoms with Crippen molar-refractivity contribution in [2.45, 2.75) is 11.8 Å². The van der Waals surface area contributed by atoms with Gasteiger partial charge in [0.05, 0.1) is 5.56 Å². The normalized spacial score (nSPS) is 9.29. The minimum atomic E-state index is -1.06. The molecule has 1 rings (SSSR count). The van der Waals surface area contributed by atoms with Gasteiger partial charge in [0.2, 0.25) is 0 Å². The number of thiol groups is 1. The summed E-state index contributed by atoms with van der Waals surface area (Å²) in [4.78, 5) is 13.8. The third kappa shape index (κ3) is 1.99. The van der Waals surface area contributed by atoms with Crippen molar-refractivity contribution in [3.8, 4) is 0 Å². The van der Waals surface area contributed by atoms with E-state index in [9.17, 15) is 4.79 Å². The summed E-state index contributed by atoms with van der Waals surface area (Å²) < 4.78 is 0. The average molecular weight is 209 g/mol. The van der Waals surface area contributed by atoms with Crippen molar-refractivity contribution in [2.75, 3.05) is 0 Å². The fourth-order valence-electron chi connectivity index (χ4n) is 1.02. The van der Waals surface area contributed by atoms with Gasteiger partial charge >= 0.3 is 5.97 Å². The van der Waals surface area contributed by atoms with Crippen LogP contribution in [-0.2, 0) is 0 Å². The molecule has 0 bridgehead atoms. The summed E-state index contributed by atoms with van der Waals surface area (Å²) >= 11 is 4.08. The van der Waals surface area contributed by atoms with E-state index < -0.39 is 5.97 Å². The lowest BCUT2D eigenvalue weighted by Crippen LogP contribution is -1.99. The Bertz CT molecular complexity index is 438. The number of aromatic carboxylic acids is 1. The molecule has 0 aliphatic carbocycles. The van der Waals surface area contributed by atoms with Gasteiger partial charge in [-0.15, -0.1) is 12.6 Å². The van der Waals surface area contributed by atoms with Crippen LogP contribution in [0.25, 0.3) is 10.4 Å². The highest BCUT2D eigenvalue weighted by molar-refractivity contribution is 7.80. The Kier molecular flexibility index (Phi) is 3.01. The monoisotopic (exact) mass is 209 g/mol. The molecule has 14 heavy (non-hydrogen) atoms. The molecule has 72 valence electrons. The molecule has 1 aromatic carbocycles. The third-order valence-electron chi connectivity index (χ3n) is 1.76. The molecule has 0 atom stereocenters. The highest BCUT2D eigenvalue weighted by atomic mass is 32.1. The van der Waals surface area contributed by atoms with Crippen molar-refractivity contribution < 1.29 is 9.90 Å². The highest BCUT2D eigenvalue weighted by Gasteiger charge is 2.10. The quantitative estimate of drug-likeness (QED) is 0.339. The van der Waals surface area contributed by atoms with Gasteiger partial charge in [0, 0.05) is 15.5 Å². The van der Waals surface area contributed by atoms with Crippen molar-refractivity contribution in [3.63, 3.8) is 0 Å². The Morgan fingerprint density at radius 3 is 2.79 bits per heavy atom. The third-order valence-corrected chi connectivity index (χ3v) is 2.22. The van der Waals surface area contributed by atoms with Crippen molar-refractivity contribution in [1.82, 2.24) is 0 Å². The van der Waals surface area contributed by atoms with Crippen LogP contribution < -0.4 is 0 Å². The van der Waals surface area contributed by atoms with Gasteiger partial charge in [0.25, 0.3) is 0 Å². The number of carboxylic acid groups (broad SMARTS) is 1. The molecule has 0 radical (unpaired) electrons. The van der Waals surface area contributed by atoms with Gasteiger partial charge in [0.15, 0.2) is 0 Å². The van der Waals surface area contributed by atoms with Crippen molar-refractivity contribution >= 4 is 24.3 Å². The molecule has 0 aromatic heterocycles. The zero-order chi connectivity index (χ0) is 10.7. The van der Waals surface area contributed by atoms with E-state index in [4.69, 9.17) is 10.6 Å². The van der Waals surface area contributed by atoms with E-state index in [0.29, 0.717) is 10.5 Å². The predicted octanol–water partition coefficient (Wildman–Crippen LogP) is 2.92. The van der Waals surface area contributed by atoms with E-state index >= 15 is 0 Å². The minimum Gasteiger partial charge on any atom is -0.478 e. The Morgan fingerprint density at radius 2 is 2.29 bits per heavy atom. The van der Waals surface area contributed by atoms with Crippen LogP contribution in [0.15, 0.2) is 22.1 Å². The van der Waals surface area contributed by atoms with Crippen LogP contribution >= 0.6 is 12.6 Å². The predicted molar refractivity (Wildman–Crippen MR) is 54.2 cm³/mol. The summed E-state index contributed by atoms with van der Waals surface area (Å²) in [6.07, 6.45) is 0. The average Bonchev–Trinajstić information content (AvgIpc) is 2.11. The number of benzene rings is 1. The molecule has 1 aromatic rings. The number of carboxylic acids is 1. The summed E-state index contributed by atoms with van der Waals surface area (Å²) in [5, 5.41) is 12.1. The second-order valence-electron chi connectivity index (χ2n) is 2.63. The molecule has 0 saturated carbocycles. The number of rotatable bonds is 2. The Labute approximate surface area is 85.4 Å². The fourth-order valence-corrected chi connectivity index (χ4v) is 1.27. The highest BCUT2D eigenvalue weighted by Crippen LogP contribution is 2.25. The summed E-state index contributed by atoms with van der Waals surface area (Å²) in [6.45, 7) is 1.64. The molecule has 0 heterocycles. The Balaban J connectivity index is 3.42. The molecule has 0 spiro atoms. The Hall–Kier alpha value is -1.65. The molecular weight excluding hydrogens is 202 g/mol. The van der Waals surface area contributed by atoms with Gasteiger partial charge in [-0.05, 0) is 30.2 Å². The van der Waals surface area contributed by atoms with Crippen LogP contribution in [0, 0.1) is 6.92 Å². The van der Waals surface area contributed by atoms with E-state index in [1.54, 1.807) is 6.92 Å². The molecule has 0 saturated heterocycles. The zero-order valence-electron chi connectivity index (χ0n) is 7.30. The largest absolute Gasteiger partial charge is 0.478 e. The molecule has 6 heteroatoms. The maximum absolute atomic E-state index is 10.8. The summed E-state index contributed by atoms with van der Waals surface area (Å²) in [5.41, 5.74) is 9.10. The topological polar surface area (TPSA) is 86.1 Å². The molecule has 1 N–H and O–H groups in total. The van der Waals surface area contributed by atoms with E-state index in [1.807, 2.05) is 0 Å². The second kappa shape index (κ2) is 4.04.